The number of rotatable bonds is 3. The molecule has 1 aliphatic heterocycles. The van der Waals surface area contributed by atoms with Gasteiger partial charge in [0.25, 0.3) is 0 Å². The van der Waals surface area contributed by atoms with Crippen LogP contribution in [0, 0.1) is 12.8 Å². The van der Waals surface area contributed by atoms with Crippen LogP contribution in [0.4, 0.5) is 0 Å². The Morgan fingerprint density at radius 2 is 2.06 bits per heavy atom. The summed E-state index contributed by atoms with van der Waals surface area (Å²) < 4.78 is 0. The summed E-state index contributed by atoms with van der Waals surface area (Å²) in [4.78, 5) is 4.54. The van der Waals surface area contributed by atoms with Crippen molar-refractivity contribution in [2.24, 2.45) is 10.9 Å². The summed E-state index contributed by atoms with van der Waals surface area (Å²) in [5.74, 6) is 0.697. The van der Waals surface area contributed by atoms with Crippen LogP contribution in [-0.4, -0.2) is 17.0 Å². The van der Waals surface area contributed by atoms with Gasteiger partial charge in [0, 0.05) is 11.8 Å². The lowest BCUT2D eigenvalue weighted by atomic mass is 10.1. The summed E-state index contributed by atoms with van der Waals surface area (Å²) in [6.07, 6.45) is 0. The molecular formula is C14H20N2S. The second kappa shape index (κ2) is 5.58. The lowest BCUT2D eigenvalue weighted by Gasteiger charge is -2.12. The molecule has 0 spiro atoms. The number of nitrogens with zero attached hydrogens (tertiary/aromatic N) is 1. The fourth-order valence-corrected chi connectivity index (χ4v) is 2.73. The first-order valence-electron chi connectivity index (χ1n) is 6.15. The molecule has 0 aromatic heterocycles. The highest BCUT2D eigenvalue weighted by atomic mass is 32.2. The van der Waals surface area contributed by atoms with Crippen LogP contribution in [0.25, 0.3) is 0 Å². The van der Waals surface area contributed by atoms with E-state index >= 15 is 0 Å². The Kier molecular flexibility index (Phi) is 4.11. The lowest BCUT2D eigenvalue weighted by Crippen LogP contribution is -2.19. The fraction of sp³-hybridized carbons (Fsp3) is 0.500. The molecule has 1 heterocycles. The average molecular weight is 248 g/mol. The third kappa shape index (κ3) is 3.50. The molecule has 0 saturated heterocycles. The van der Waals surface area contributed by atoms with Crippen molar-refractivity contribution in [1.82, 2.24) is 5.32 Å². The largest absolute Gasteiger partial charge is 0.361 e. The van der Waals surface area contributed by atoms with E-state index < -0.39 is 0 Å². The van der Waals surface area contributed by atoms with Gasteiger partial charge in [-0.2, -0.15) is 0 Å². The molecule has 1 atom stereocenters. The van der Waals surface area contributed by atoms with Crippen molar-refractivity contribution in [1.29, 1.82) is 0 Å². The van der Waals surface area contributed by atoms with E-state index in [-0.39, 0.29) is 0 Å². The molecular weight excluding hydrogens is 228 g/mol. The van der Waals surface area contributed by atoms with Crippen molar-refractivity contribution in [3.8, 4) is 0 Å². The van der Waals surface area contributed by atoms with Gasteiger partial charge in [-0.3, -0.25) is 4.99 Å². The zero-order valence-electron chi connectivity index (χ0n) is 10.7. The van der Waals surface area contributed by atoms with E-state index in [4.69, 9.17) is 0 Å². The Morgan fingerprint density at radius 1 is 1.35 bits per heavy atom. The zero-order chi connectivity index (χ0) is 12.3. The minimum absolute atomic E-state index is 0.649. The number of hydrogen-bond donors (Lipinski definition) is 1. The van der Waals surface area contributed by atoms with Gasteiger partial charge in [-0.1, -0.05) is 55.4 Å². The van der Waals surface area contributed by atoms with E-state index in [0.717, 1.165) is 18.3 Å². The fourth-order valence-electron chi connectivity index (χ4n) is 1.72. The van der Waals surface area contributed by atoms with Gasteiger partial charge >= 0.3 is 0 Å². The van der Waals surface area contributed by atoms with E-state index in [1.807, 2.05) is 11.8 Å². The van der Waals surface area contributed by atoms with Gasteiger partial charge in [0.15, 0.2) is 5.17 Å². The Bertz CT molecular complexity index is 395. The third-order valence-corrected chi connectivity index (χ3v) is 4.48. The Labute approximate surface area is 108 Å². The molecule has 0 bridgehead atoms. The monoisotopic (exact) mass is 248 g/mol. The Hall–Kier alpha value is -0.960. The quantitative estimate of drug-likeness (QED) is 0.888. The third-order valence-electron chi connectivity index (χ3n) is 2.99. The van der Waals surface area contributed by atoms with Gasteiger partial charge in [-0.25, -0.2) is 0 Å². The average Bonchev–Trinajstić information content (AvgIpc) is 2.77. The van der Waals surface area contributed by atoms with Gasteiger partial charge in [0.05, 0.1) is 6.54 Å². The number of benzene rings is 1. The van der Waals surface area contributed by atoms with Gasteiger partial charge < -0.3 is 5.32 Å². The van der Waals surface area contributed by atoms with Crippen LogP contribution in [-0.2, 0) is 6.54 Å². The number of aliphatic imine (C=N–C) groups is 1. The van der Waals surface area contributed by atoms with Crippen LogP contribution >= 0.6 is 11.8 Å². The maximum Gasteiger partial charge on any atom is 0.157 e. The molecule has 92 valence electrons. The highest BCUT2D eigenvalue weighted by molar-refractivity contribution is 8.14. The van der Waals surface area contributed by atoms with E-state index in [1.54, 1.807) is 0 Å². The summed E-state index contributed by atoms with van der Waals surface area (Å²) >= 11 is 1.88. The number of hydrogen-bond acceptors (Lipinski definition) is 3. The standard InChI is InChI=1S/C14H20N2S/c1-10(2)13-9-16-14(17-13)15-8-12-6-4-11(3)5-7-12/h4-7,10,13H,8-9H2,1-3H3,(H,15,16). The van der Waals surface area contributed by atoms with E-state index in [2.05, 4.69) is 55.3 Å². The van der Waals surface area contributed by atoms with Crippen molar-refractivity contribution in [2.45, 2.75) is 32.6 Å². The summed E-state index contributed by atoms with van der Waals surface area (Å²) in [7, 11) is 0. The molecule has 0 aliphatic carbocycles. The van der Waals surface area contributed by atoms with Crippen LogP contribution in [0.15, 0.2) is 29.3 Å². The van der Waals surface area contributed by atoms with Crippen LogP contribution < -0.4 is 5.32 Å². The number of amidine groups is 1. The summed E-state index contributed by atoms with van der Waals surface area (Å²) in [6.45, 7) is 8.46. The maximum absolute atomic E-state index is 4.54. The van der Waals surface area contributed by atoms with Crippen LogP contribution in [0.5, 0.6) is 0 Å². The predicted octanol–water partition coefficient (Wildman–Crippen LogP) is 3.21. The number of thioether (sulfide) groups is 1. The smallest absolute Gasteiger partial charge is 0.157 e. The van der Waals surface area contributed by atoms with Crippen LogP contribution in [0.2, 0.25) is 0 Å². The highest BCUT2D eigenvalue weighted by Gasteiger charge is 2.21. The van der Waals surface area contributed by atoms with Gasteiger partial charge in [0.2, 0.25) is 0 Å². The topological polar surface area (TPSA) is 24.4 Å². The first-order valence-corrected chi connectivity index (χ1v) is 7.03. The molecule has 1 N–H and O–H groups in total. The minimum atomic E-state index is 0.649. The highest BCUT2D eigenvalue weighted by Crippen LogP contribution is 2.25. The normalized spacial score (nSPS) is 19.5. The predicted molar refractivity (Wildman–Crippen MR) is 76.5 cm³/mol. The number of aryl methyl sites for hydroxylation is 1. The second-order valence-corrected chi connectivity index (χ2v) is 6.11. The molecule has 2 rings (SSSR count). The van der Waals surface area contributed by atoms with E-state index in [1.165, 1.54) is 11.1 Å². The minimum Gasteiger partial charge on any atom is -0.361 e. The molecule has 2 nitrogen and oxygen atoms in total. The van der Waals surface area contributed by atoms with Crippen LogP contribution in [0.3, 0.4) is 0 Å². The summed E-state index contributed by atoms with van der Waals surface area (Å²) in [5, 5.41) is 5.16. The SMILES string of the molecule is Cc1ccc(CNC2=NCC(C(C)C)S2)cc1. The van der Waals surface area contributed by atoms with Crippen molar-refractivity contribution in [3.05, 3.63) is 35.4 Å². The molecule has 1 aliphatic rings. The van der Waals surface area contributed by atoms with Crippen LogP contribution in [0.1, 0.15) is 25.0 Å². The van der Waals surface area contributed by atoms with E-state index in [9.17, 15) is 0 Å². The molecule has 0 saturated carbocycles. The van der Waals surface area contributed by atoms with Gasteiger partial charge in [-0.15, -0.1) is 0 Å². The lowest BCUT2D eigenvalue weighted by molar-refractivity contribution is 0.621. The van der Waals surface area contributed by atoms with E-state index in [0.29, 0.717) is 11.2 Å². The zero-order valence-corrected chi connectivity index (χ0v) is 11.6. The number of nitrogens with one attached hydrogen (secondary N) is 1. The van der Waals surface area contributed by atoms with Crippen molar-refractivity contribution in [3.63, 3.8) is 0 Å². The Morgan fingerprint density at radius 3 is 2.65 bits per heavy atom. The molecule has 3 heteroatoms. The second-order valence-electron chi connectivity index (χ2n) is 4.89. The molecule has 0 fully saturated rings. The van der Waals surface area contributed by atoms with Gasteiger partial charge in [-0.05, 0) is 18.4 Å². The summed E-state index contributed by atoms with van der Waals surface area (Å²) in [5.41, 5.74) is 2.62. The first-order chi connectivity index (χ1) is 8.15. The molecule has 17 heavy (non-hydrogen) atoms. The molecule has 0 radical (unpaired) electrons. The van der Waals surface area contributed by atoms with Gasteiger partial charge in [0.1, 0.15) is 0 Å². The molecule has 1 aromatic carbocycles. The van der Waals surface area contributed by atoms with Crippen molar-refractivity contribution < 1.29 is 0 Å². The maximum atomic E-state index is 4.54. The van der Waals surface area contributed by atoms with Crippen molar-refractivity contribution >= 4 is 16.9 Å². The molecule has 1 unspecified atom stereocenters. The molecule has 1 aromatic rings. The summed E-state index contributed by atoms with van der Waals surface area (Å²) in [6, 6.07) is 8.64. The first kappa shape index (κ1) is 12.5. The molecule has 0 amide bonds. The Balaban J connectivity index is 1.82. The van der Waals surface area contributed by atoms with Crippen molar-refractivity contribution in [2.75, 3.05) is 6.54 Å².